The molecule has 2 rings (SSSR count). The third-order valence-electron chi connectivity index (χ3n) is 3.43. The second kappa shape index (κ2) is 6.87. The van der Waals surface area contributed by atoms with Crippen LogP contribution in [0.15, 0.2) is 24.3 Å². The number of carbonyl (C=O) groups excluding carboxylic acids is 1. The zero-order valence-electron chi connectivity index (χ0n) is 12.2. The molecule has 1 fully saturated rings. The monoisotopic (exact) mass is 308 g/mol. The Morgan fingerprint density at radius 2 is 2.10 bits per heavy atom. The Morgan fingerprint density at radius 3 is 2.71 bits per heavy atom. The summed E-state index contributed by atoms with van der Waals surface area (Å²) in [4.78, 5) is 14.4. The predicted molar refractivity (Wildman–Crippen MR) is 84.4 cm³/mol. The summed E-state index contributed by atoms with van der Waals surface area (Å²) in [6.07, 6.45) is 0.0648. The molecule has 21 heavy (non-hydrogen) atoms. The molecule has 114 valence electrons. The van der Waals surface area contributed by atoms with Crippen LogP contribution in [-0.2, 0) is 9.53 Å². The number of hydrogen-bond acceptors (Lipinski definition) is 4. The molecule has 0 aromatic heterocycles. The number of thiocarbonyl (C=S) groups is 1. The van der Waals surface area contributed by atoms with E-state index in [0.717, 1.165) is 5.56 Å². The zero-order chi connectivity index (χ0) is 15.4. The van der Waals surface area contributed by atoms with Crippen LogP contribution in [0.25, 0.3) is 0 Å². The first-order valence-corrected chi connectivity index (χ1v) is 7.32. The number of nitrogens with two attached hydrogens (primary N) is 1. The molecular formula is C15H20N2O3S. The molecule has 0 radical (unpaired) electrons. The molecular weight excluding hydrogens is 288 g/mol. The van der Waals surface area contributed by atoms with E-state index in [2.05, 4.69) is 0 Å². The summed E-state index contributed by atoms with van der Waals surface area (Å²) in [7, 11) is 0. The van der Waals surface area contributed by atoms with E-state index < -0.39 is 0 Å². The SMILES string of the molecule is CC1CN(C(=O)COc2ccc(C(N)=S)cc2)C(C)CO1. The number of carbonyl (C=O) groups is 1. The fourth-order valence-electron chi connectivity index (χ4n) is 2.19. The van der Waals surface area contributed by atoms with Crippen molar-refractivity contribution in [2.75, 3.05) is 19.8 Å². The highest BCUT2D eigenvalue weighted by molar-refractivity contribution is 7.80. The Bertz CT molecular complexity index is 518. The van der Waals surface area contributed by atoms with Gasteiger partial charge in [0.2, 0.25) is 0 Å². The van der Waals surface area contributed by atoms with Gasteiger partial charge in [0.05, 0.1) is 18.8 Å². The van der Waals surface area contributed by atoms with Gasteiger partial charge in [-0.25, -0.2) is 0 Å². The van der Waals surface area contributed by atoms with Gasteiger partial charge < -0.3 is 20.1 Å². The summed E-state index contributed by atoms with van der Waals surface area (Å²) < 4.78 is 11.0. The highest BCUT2D eigenvalue weighted by Gasteiger charge is 2.27. The Balaban J connectivity index is 1.89. The van der Waals surface area contributed by atoms with Crippen LogP contribution in [-0.4, -0.2) is 47.7 Å². The summed E-state index contributed by atoms with van der Waals surface area (Å²) in [6, 6.07) is 7.15. The highest BCUT2D eigenvalue weighted by atomic mass is 32.1. The van der Waals surface area contributed by atoms with Crippen molar-refractivity contribution in [2.45, 2.75) is 26.0 Å². The molecule has 5 nitrogen and oxygen atoms in total. The standard InChI is InChI=1S/C15H20N2O3S/c1-10-8-19-11(2)7-17(10)14(18)9-20-13-5-3-12(4-6-13)15(16)21/h3-6,10-11H,7-9H2,1-2H3,(H2,16,21). The molecule has 1 aromatic rings. The van der Waals surface area contributed by atoms with E-state index in [1.807, 2.05) is 13.8 Å². The van der Waals surface area contributed by atoms with E-state index in [1.165, 1.54) is 0 Å². The lowest BCUT2D eigenvalue weighted by molar-refractivity contribution is -0.145. The van der Waals surface area contributed by atoms with E-state index in [4.69, 9.17) is 27.4 Å². The van der Waals surface area contributed by atoms with E-state index in [9.17, 15) is 4.79 Å². The van der Waals surface area contributed by atoms with Gasteiger partial charge in [0.25, 0.3) is 5.91 Å². The molecule has 1 saturated heterocycles. The third kappa shape index (κ3) is 4.15. The molecule has 1 aliphatic heterocycles. The summed E-state index contributed by atoms with van der Waals surface area (Å²) in [5, 5.41) is 0. The third-order valence-corrected chi connectivity index (χ3v) is 3.67. The van der Waals surface area contributed by atoms with Crippen molar-refractivity contribution in [2.24, 2.45) is 5.73 Å². The number of nitrogens with zero attached hydrogens (tertiary/aromatic N) is 1. The average Bonchev–Trinajstić information content (AvgIpc) is 2.47. The number of morpholine rings is 1. The van der Waals surface area contributed by atoms with Gasteiger partial charge in [0.15, 0.2) is 6.61 Å². The lowest BCUT2D eigenvalue weighted by Gasteiger charge is -2.36. The minimum Gasteiger partial charge on any atom is -0.484 e. The van der Waals surface area contributed by atoms with Gasteiger partial charge in [0.1, 0.15) is 10.7 Å². The van der Waals surface area contributed by atoms with E-state index in [1.54, 1.807) is 29.2 Å². The van der Waals surface area contributed by atoms with Crippen LogP contribution >= 0.6 is 12.2 Å². The Labute approximate surface area is 130 Å². The van der Waals surface area contributed by atoms with Crippen molar-refractivity contribution >= 4 is 23.1 Å². The van der Waals surface area contributed by atoms with Gasteiger partial charge >= 0.3 is 0 Å². The Hall–Kier alpha value is -1.66. The van der Waals surface area contributed by atoms with Gasteiger partial charge in [-0.05, 0) is 38.1 Å². The van der Waals surface area contributed by atoms with Crippen molar-refractivity contribution in [1.82, 2.24) is 4.90 Å². The maximum absolute atomic E-state index is 12.2. The maximum atomic E-state index is 12.2. The van der Waals surface area contributed by atoms with Gasteiger partial charge in [0, 0.05) is 12.1 Å². The number of rotatable bonds is 4. The first-order chi connectivity index (χ1) is 9.97. The van der Waals surface area contributed by atoms with Crippen molar-refractivity contribution in [1.29, 1.82) is 0 Å². The lowest BCUT2D eigenvalue weighted by atomic mass is 10.2. The number of ether oxygens (including phenoxy) is 2. The fraction of sp³-hybridized carbons (Fsp3) is 0.467. The van der Waals surface area contributed by atoms with Crippen LogP contribution < -0.4 is 10.5 Å². The van der Waals surface area contributed by atoms with E-state index >= 15 is 0 Å². The number of hydrogen-bond donors (Lipinski definition) is 1. The number of benzene rings is 1. The van der Waals surface area contributed by atoms with Crippen molar-refractivity contribution in [3.8, 4) is 5.75 Å². The molecule has 0 bridgehead atoms. The smallest absolute Gasteiger partial charge is 0.260 e. The second-order valence-corrected chi connectivity index (χ2v) is 5.66. The van der Waals surface area contributed by atoms with Crippen LogP contribution in [0, 0.1) is 0 Å². The van der Waals surface area contributed by atoms with Crippen LogP contribution in [0.5, 0.6) is 5.75 Å². The average molecular weight is 308 g/mol. The van der Waals surface area contributed by atoms with E-state index in [-0.39, 0.29) is 24.7 Å². The summed E-state index contributed by atoms with van der Waals surface area (Å²) in [5.41, 5.74) is 6.31. The van der Waals surface area contributed by atoms with Crippen LogP contribution in [0.3, 0.4) is 0 Å². The van der Waals surface area contributed by atoms with Crippen LogP contribution in [0.1, 0.15) is 19.4 Å². The van der Waals surface area contributed by atoms with Crippen molar-refractivity contribution in [3.63, 3.8) is 0 Å². The molecule has 2 atom stereocenters. The molecule has 2 unspecified atom stereocenters. The van der Waals surface area contributed by atoms with E-state index in [0.29, 0.717) is 23.9 Å². The molecule has 1 aliphatic rings. The largest absolute Gasteiger partial charge is 0.484 e. The molecule has 0 aliphatic carbocycles. The maximum Gasteiger partial charge on any atom is 0.260 e. The normalized spacial score (nSPS) is 21.9. The predicted octanol–water partition coefficient (Wildman–Crippen LogP) is 1.34. The van der Waals surface area contributed by atoms with Crippen LogP contribution in [0.4, 0.5) is 0 Å². The molecule has 0 spiro atoms. The highest BCUT2D eigenvalue weighted by Crippen LogP contribution is 2.14. The van der Waals surface area contributed by atoms with Gasteiger partial charge in [-0.2, -0.15) is 0 Å². The topological polar surface area (TPSA) is 64.8 Å². The molecule has 2 N–H and O–H groups in total. The van der Waals surface area contributed by atoms with Gasteiger partial charge in [-0.15, -0.1) is 0 Å². The zero-order valence-corrected chi connectivity index (χ0v) is 13.1. The summed E-state index contributed by atoms with van der Waals surface area (Å²) >= 11 is 4.89. The minimum absolute atomic E-state index is 0.0173. The van der Waals surface area contributed by atoms with Gasteiger partial charge in [-0.1, -0.05) is 12.2 Å². The van der Waals surface area contributed by atoms with Gasteiger partial charge in [-0.3, -0.25) is 4.79 Å². The van der Waals surface area contributed by atoms with Crippen LogP contribution in [0.2, 0.25) is 0 Å². The molecule has 6 heteroatoms. The van der Waals surface area contributed by atoms with Crippen molar-refractivity contribution < 1.29 is 14.3 Å². The summed E-state index contributed by atoms with van der Waals surface area (Å²) in [5.74, 6) is 0.591. The molecule has 1 heterocycles. The first-order valence-electron chi connectivity index (χ1n) is 6.91. The Kier molecular flexibility index (Phi) is 5.14. The molecule has 0 saturated carbocycles. The first kappa shape index (κ1) is 15.7. The second-order valence-electron chi connectivity index (χ2n) is 5.22. The quantitative estimate of drug-likeness (QED) is 0.850. The lowest BCUT2D eigenvalue weighted by Crippen LogP contribution is -2.51. The minimum atomic E-state index is -0.0314. The molecule has 1 aromatic carbocycles. The summed E-state index contributed by atoms with van der Waals surface area (Å²) in [6.45, 7) is 5.12. The molecule has 1 amide bonds. The fourth-order valence-corrected chi connectivity index (χ4v) is 2.33. The number of amides is 1. The van der Waals surface area contributed by atoms with Crippen molar-refractivity contribution in [3.05, 3.63) is 29.8 Å². The Morgan fingerprint density at radius 1 is 1.43 bits per heavy atom.